The molecule has 3 nitrogen and oxygen atoms in total. The Hall–Kier alpha value is -1.61. The maximum Gasteiger partial charge on any atom is 0.238 e. The fraction of sp³-hybridized carbons (Fsp3) is 0.524. The molecule has 5 rings (SSSR count). The van der Waals surface area contributed by atoms with E-state index in [1.807, 2.05) is 19.1 Å². The van der Waals surface area contributed by atoms with E-state index in [9.17, 15) is 9.59 Å². The van der Waals surface area contributed by atoms with Crippen LogP contribution in [0.1, 0.15) is 44.1 Å². The minimum absolute atomic E-state index is 0.00488. The first-order valence-corrected chi connectivity index (χ1v) is 9.81. The average Bonchev–Trinajstić information content (AvgIpc) is 3.28. The molecule has 25 heavy (non-hydrogen) atoms. The van der Waals surface area contributed by atoms with Crippen LogP contribution in [0.15, 0.2) is 29.3 Å². The number of aryl methyl sites for hydroxylation is 1. The van der Waals surface area contributed by atoms with E-state index in [0.717, 1.165) is 44.1 Å². The Morgan fingerprint density at radius 1 is 0.960 bits per heavy atom. The molecule has 2 amide bonds. The summed E-state index contributed by atoms with van der Waals surface area (Å²) in [6.45, 7) is 1.93. The average molecular weight is 356 g/mol. The van der Waals surface area contributed by atoms with Crippen molar-refractivity contribution in [2.75, 3.05) is 4.90 Å². The summed E-state index contributed by atoms with van der Waals surface area (Å²) in [5.41, 5.74) is 4.67. The first-order valence-electron chi connectivity index (χ1n) is 9.43. The molecule has 2 saturated carbocycles. The molecule has 1 aliphatic heterocycles. The van der Waals surface area contributed by atoms with E-state index in [-0.39, 0.29) is 23.7 Å². The number of carbonyl (C=O) groups is 2. The molecule has 1 aromatic carbocycles. The highest BCUT2D eigenvalue weighted by Crippen LogP contribution is 2.57. The minimum Gasteiger partial charge on any atom is -0.274 e. The van der Waals surface area contributed by atoms with Crippen molar-refractivity contribution in [1.29, 1.82) is 0 Å². The van der Waals surface area contributed by atoms with Gasteiger partial charge in [0.1, 0.15) is 0 Å². The highest BCUT2D eigenvalue weighted by atomic mass is 35.5. The van der Waals surface area contributed by atoms with Gasteiger partial charge in [-0.3, -0.25) is 9.59 Å². The zero-order valence-corrected chi connectivity index (χ0v) is 15.2. The number of rotatable bonds is 1. The van der Waals surface area contributed by atoms with Gasteiger partial charge in [-0.1, -0.05) is 28.8 Å². The van der Waals surface area contributed by atoms with Gasteiger partial charge in [0.2, 0.25) is 11.8 Å². The number of allylic oxidation sites excluding steroid dienone is 2. The molecule has 130 valence electrons. The van der Waals surface area contributed by atoms with Gasteiger partial charge in [0.05, 0.1) is 17.5 Å². The van der Waals surface area contributed by atoms with Gasteiger partial charge in [0.15, 0.2) is 0 Å². The number of amides is 2. The second-order valence-electron chi connectivity index (χ2n) is 8.04. The SMILES string of the molecule is Cc1ccc(N2C(=O)C3C4CCCC4=C4CCCC4C3C2=O)cc1Cl. The van der Waals surface area contributed by atoms with E-state index in [1.54, 1.807) is 6.07 Å². The van der Waals surface area contributed by atoms with Crippen LogP contribution in [-0.4, -0.2) is 11.8 Å². The Morgan fingerprint density at radius 3 is 2.04 bits per heavy atom. The van der Waals surface area contributed by atoms with Crippen molar-refractivity contribution in [2.24, 2.45) is 23.7 Å². The number of nitrogens with zero attached hydrogens (tertiary/aromatic N) is 1. The lowest BCUT2D eigenvalue weighted by atomic mass is 9.66. The van der Waals surface area contributed by atoms with Crippen molar-refractivity contribution in [3.05, 3.63) is 39.9 Å². The molecule has 4 aliphatic rings. The summed E-state index contributed by atoms with van der Waals surface area (Å²) >= 11 is 6.26. The van der Waals surface area contributed by atoms with E-state index >= 15 is 0 Å². The third-order valence-corrected chi connectivity index (χ3v) is 7.32. The van der Waals surface area contributed by atoms with Crippen LogP contribution in [0.3, 0.4) is 0 Å². The number of anilines is 1. The van der Waals surface area contributed by atoms with Crippen LogP contribution in [0.25, 0.3) is 0 Å². The smallest absolute Gasteiger partial charge is 0.238 e. The summed E-state index contributed by atoms with van der Waals surface area (Å²) in [7, 11) is 0. The standard InChI is InChI=1S/C21H22ClNO2/c1-11-8-9-12(10-17(11)22)23-20(24)18-15-6-2-4-13(15)14-5-3-7-16(14)19(18)21(23)25/h8-10,15-16,18-19H,2-7H2,1H3. The van der Waals surface area contributed by atoms with Crippen LogP contribution in [0.5, 0.6) is 0 Å². The monoisotopic (exact) mass is 355 g/mol. The van der Waals surface area contributed by atoms with Crippen LogP contribution < -0.4 is 4.90 Å². The summed E-state index contributed by atoms with van der Waals surface area (Å²) in [6, 6.07) is 5.51. The Morgan fingerprint density at radius 2 is 1.52 bits per heavy atom. The van der Waals surface area contributed by atoms with E-state index in [2.05, 4.69) is 0 Å². The first kappa shape index (κ1) is 15.6. The lowest BCUT2D eigenvalue weighted by molar-refractivity contribution is -0.122. The molecule has 0 aromatic heterocycles. The lowest BCUT2D eigenvalue weighted by Crippen LogP contribution is -2.35. The number of hydrogen-bond acceptors (Lipinski definition) is 2. The molecular formula is C21H22ClNO2. The first-order chi connectivity index (χ1) is 12.1. The number of benzene rings is 1. The molecular weight excluding hydrogens is 334 g/mol. The zero-order chi connectivity index (χ0) is 17.3. The Bertz CT molecular complexity index is 785. The van der Waals surface area contributed by atoms with Crippen molar-refractivity contribution in [1.82, 2.24) is 0 Å². The third kappa shape index (κ3) is 2.05. The highest BCUT2D eigenvalue weighted by Gasteiger charge is 2.59. The minimum atomic E-state index is -0.142. The van der Waals surface area contributed by atoms with Crippen LogP contribution in [0.4, 0.5) is 5.69 Å². The Kier molecular flexibility index (Phi) is 3.40. The molecule has 4 unspecified atom stereocenters. The van der Waals surface area contributed by atoms with Gasteiger partial charge in [-0.05, 0) is 75.0 Å². The van der Waals surface area contributed by atoms with Gasteiger partial charge in [0.25, 0.3) is 0 Å². The summed E-state index contributed by atoms with van der Waals surface area (Å²) < 4.78 is 0. The van der Waals surface area contributed by atoms with Gasteiger partial charge in [-0.15, -0.1) is 0 Å². The molecule has 1 saturated heterocycles. The predicted molar refractivity (Wildman–Crippen MR) is 97.4 cm³/mol. The van der Waals surface area contributed by atoms with E-state index in [0.29, 0.717) is 22.5 Å². The predicted octanol–water partition coefficient (Wildman–Crippen LogP) is 4.66. The molecule has 0 bridgehead atoms. The molecule has 0 spiro atoms. The van der Waals surface area contributed by atoms with Gasteiger partial charge in [0, 0.05) is 5.02 Å². The largest absolute Gasteiger partial charge is 0.274 e. The third-order valence-electron chi connectivity index (χ3n) is 6.91. The quantitative estimate of drug-likeness (QED) is 0.542. The molecule has 4 heteroatoms. The van der Waals surface area contributed by atoms with Crippen LogP contribution in [-0.2, 0) is 9.59 Å². The Labute approximate surface area is 153 Å². The molecule has 4 atom stereocenters. The maximum absolute atomic E-state index is 13.3. The number of halogens is 1. The van der Waals surface area contributed by atoms with E-state index < -0.39 is 0 Å². The van der Waals surface area contributed by atoms with Crippen LogP contribution in [0, 0.1) is 30.6 Å². The Balaban J connectivity index is 1.60. The van der Waals surface area contributed by atoms with Crippen LogP contribution >= 0.6 is 11.6 Å². The van der Waals surface area contributed by atoms with E-state index in [4.69, 9.17) is 11.6 Å². The molecule has 3 fully saturated rings. The van der Waals surface area contributed by atoms with Gasteiger partial charge < -0.3 is 0 Å². The van der Waals surface area contributed by atoms with Crippen LogP contribution in [0.2, 0.25) is 5.02 Å². The summed E-state index contributed by atoms with van der Waals surface area (Å²) in [6.07, 6.45) is 6.73. The molecule has 1 aromatic rings. The normalized spacial score (nSPS) is 33.8. The maximum atomic E-state index is 13.3. The topological polar surface area (TPSA) is 37.4 Å². The summed E-state index contributed by atoms with van der Waals surface area (Å²) in [4.78, 5) is 28.1. The number of imide groups is 1. The van der Waals surface area contributed by atoms with Crippen molar-refractivity contribution >= 4 is 29.1 Å². The number of fused-ring (bicyclic) bond motifs is 5. The van der Waals surface area contributed by atoms with E-state index in [1.165, 1.54) is 16.0 Å². The van der Waals surface area contributed by atoms with Crippen molar-refractivity contribution < 1.29 is 9.59 Å². The lowest BCUT2D eigenvalue weighted by Gasteiger charge is -2.34. The summed E-state index contributed by atoms with van der Waals surface area (Å²) in [5.74, 6) is 0.331. The van der Waals surface area contributed by atoms with Gasteiger partial charge in [-0.2, -0.15) is 0 Å². The van der Waals surface area contributed by atoms with Crippen molar-refractivity contribution in [3.8, 4) is 0 Å². The highest BCUT2D eigenvalue weighted by molar-refractivity contribution is 6.32. The summed E-state index contributed by atoms with van der Waals surface area (Å²) in [5, 5.41) is 0.606. The van der Waals surface area contributed by atoms with Crippen molar-refractivity contribution in [3.63, 3.8) is 0 Å². The second kappa shape index (κ2) is 5.44. The fourth-order valence-corrected chi connectivity index (χ4v) is 6.04. The van der Waals surface area contributed by atoms with Crippen molar-refractivity contribution in [2.45, 2.75) is 45.4 Å². The molecule has 0 N–H and O–H groups in total. The molecule has 1 heterocycles. The number of hydrogen-bond donors (Lipinski definition) is 0. The zero-order valence-electron chi connectivity index (χ0n) is 14.4. The fourth-order valence-electron chi connectivity index (χ4n) is 5.87. The number of carbonyl (C=O) groups excluding carboxylic acids is 2. The molecule has 3 aliphatic carbocycles. The van der Waals surface area contributed by atoms with Gasteiger partial charge >= 0.3 is 0 Å². The molecule has 0 radical (unpaired) electrons. The second-order valence-corrected chi connectivity index (χ2v) is 8.45. The van der Waals surface area contributed by atoms with Gasteiger partial charge in [-0.25, -0.2) is 4.90 Å².